The number of nitrogens with two attached hydrogens (primary N) is 1. The maximum atomic E-state index is 10.9. The maximum absolute atomic E-state index is 10.9. The van der Waals surface area contributed by atoms with E-state index < -0.39 is 12.1 Å². The van der Waals surface area contributed by atoms with Crippen molar-refractivity contribution >= 4 is 42.4 Å². The van der Waals surface area contributed by atoms with Crippen molar-refractivity contribution in [1.29, 1.82) is 5.41 Å². The van der Waals surface area contributed by atoms with Gasteiger partial charge in [0, 0.05) is 18.8 Å². The lowest BCUT2D eigenvalue weighted by atomic mass is 9.93. The van der Waals surface area contributed by atoms with Crippen LogP contribution in [0.25, 0.3) is 0 Å². The Morgan fingerprint density at radius 2 is 1.97 bits per heavy atom. The van der Waals surface area contributed by atoms with Gasteiger partial charge in [-0.2, -0.15) is 0 Å². The topological polar surface area (TPSA) is 124 Å². The highest BCUT2D eigenvalue weighted by Gasteiger charge is 2.26. The van der Waals surface area contributed by atoms with Crippen molar-refractivity contribution in [2.24, 2.45) is 5.92 Å². The molecule has 2 aromatic rings. The number of rotatable bonds is 6. The van der Waals surface area contributed by atoms with Gasteiger partial charge in [0.05, 0.1) is 12.6 Å². The second-order valence-corrected chi connectivity index (χ2v) is 8.62. The Labute approximate surface area is 212 Å². The van der Waals surface area contributed by atoms with E-state index in [-0.39, 0.29) is 30.6 Å². The van der Waals surface area contributed by atoms with Crippen molar-refractivity contribution in [3.63, 3.8) is 0 Å². The van der Waals surface area contributed by atoms with Crippen LogP contribution < -0.4 is 21.1 Å². The fraction of sp³-hybridized carbons (Fsp3) is 0.417. The molecule has 4 rings (SSSR count). The summed E-state index contributed by atoms with van der Waals surface area (Å²) >= 11 is 0. The average molecular weight is 510 g/mol. The first-order valence-electron chi connectivity index (χ1n) is 11.1. The number of nitrogen functional groups attached to an aromatic ring is 1. The van der Waals surface area contributed by atoms with Gasteiger partial charge in [-0.05, 0) is 79.2 Å². The van der Waals surface area contributed by atoms with E-state index >= 15 is 0 Å². The second kappa shape index (κ2) is 12.8. The molecular formula is C24H33Cl2N5O3. The normalized spacial score (nSPS) is 18.1. The molecule has 0 aromatic heterocycles. The predicted molar refractivity (Wildman–Crippen MR) is 139 cm³/mol. The molecule has 0 aliphatic carbocycles. The summed E-state index contributed by atoms with van der Waals surface area (Å²) in [7, 11) is 0. The number of carboxylic acid groups (broad SMARTS) is 1. The number of piperidine rings is 1. The van der Waals surface area contributed by atoms with Crippen LogP contribution >= 0.6 is 24.8 Å². The first-order valence-corrected chi connectivity index (χ1v) is 11.1. The lowest BCUT2D eigenvalue weighted by molar-refractivity contribution is 0.136. The van der Waals surface area contributed by atoms with Crippen LogP contribution in [0.3, 0.4) is 0 Å². The minimum Gasteiger partial charge on any atom is -0.493 e. The van der Waals surface area contributed by atoms with Crippen molar-refractivity contribution in [2.75, 3.05) is 32.0 Å². The molecule has 34 heavy (non-hydrogen) atoms. The van der Waals surface area contributed by atoms with Gasteiger partial charge in [0.25, 0.3) is 0 Å². The van der Waals surface area contributed by atoms with E-state index in [1.165, 1.54) is 5.56 Å². The standard InChI is InChI=1S/C24H31N5O3.2ClH/c25-19-3-1-2-17(12-19)14-29-10-7-16(8-11-29)15-32-20-5-4-18-6-9-27-22(21(18)13-20)23(26)28-24(30)31;;/h1-5,12-13,16,22,27H,6-11,14-15,25H2,(H2,26,28)(H,30,31);2*1H. The van der Waals surface area contributed by atoms with Crippen molar-refractivity contribution in [3.05, 3.63) is 59.2 Å². The molecule has 0 bridgehead atoms. The third-order valence-corrected chi connectivity index (χ3v) is 6.25. The Hall–Kier alpha value is -2.52. The van der Waals surface area contributed by atoms with Crippen molar-refractivity contribution < 1.29 is 14.6 Å². The van der Waals surface area contributed by atoms with E-state index in [1.807, 2.05) is 36.4 Å². The van der Waals surface area contributed by atoms with Gasteiger partial charge in [-0.1, -0.05) is 18.2 Å². The summed E-state index contributed by atoms with van der Waals surface area (Å²) in [4.78, 5) is 13.4. The largest absolute Gasteiger partial charge is 0.493 e. The number of halogens is 2. The van der Waals surface area contributed by atoms with Crippen LogP contribution in [-0.2, 0) is 13.0 Å². The highest BCUT2D eigenvalue weighted by atomic mass is 35.5. The second-order valence-electron chi connectivity index (χ2n) is 8.62. The van der Waals surface area contributed by atoms with Gasteiger partial charge in [0.1, 0.15) is 11.6 Å². The number of amidine groups is 1. The fourth-order valence-electron chi connectivity index (χ4n) is 4.54. The fourth-order valence-corrected chi connectivity index (χ4v) is 4.54. The van der Waals surface area contributed by atoms with Gasteiger partial charge >= 0.3 is 6.09 Å². The van der Waals surface area contributed by atoms with Crippen LogP contribution in [0.4, 0.5) is 10.5 Å². The molecule has 1 unspecified atom stereocenters. The van der Waals surface area contributed by atoms with Crippen molar-refractivity contribution in [1.82, 2.24) is 15.5 Å². The van der Waals surface area contributed by atoms with E-state index in [0.29, 0.717) is 19.1 Å². The summed E-state index contributed by atoms with van der Waals surface area (Å²) < 4.78 is 6.12. The number of carbonyl (C=O) groups is 1. The number of nitrogens with one attached hydrogen (secondary N) is 3. The van der Waals surface area contributed by atoms with E-state index in [1.54, 1.807) is 0 Å². The van der Waals surface area contributed by atoms with Gasteiger partial charge in [-0.15, -0.1) is 24.8 Å². The van der Waals surface area contributed by atoms with Crippen LogP contribution in [0.1, 0.15) is 35.6 Å². The van der Waals surface area contributed by atoms with Crippen LogP contribution in [0.5, 0.6) is 5.75 Å². The predicted octanol–water partition coefficient (Wildman–Crippen LogP) is 3.84. The van der Waals surface area contributed by atoms with E-state index in [2.05, 4.69) is 21.6 Å². The van der Waals surface area contributed by atoms with Crippen LogP contribution in [0.15, 0.2) is 42.5 Å². The molecule has 0 saturated carbocycles. The van der Waals surface area contributed by atoms with Crippen molar-refractivity contribution in [2.45, 2.75) is 31.8 Å². The van der Waals surface area contributed by atoms with Crippen LogP contribution in [-0.4, -0.2) is 48.2 Å². The number of fused-ring (bicyclic) bond motifs is 1. The zero-order valence-corrected chi connectivity index (χ0v) is 20.6. The smallest absolute Gasteiger partial charge is 0.410 e. The van der Waals surface area contributed by atoms with Crippen LogP contribution in [0, 0.1) is 11.3 Å². The van der Waals surface area contributed by atoms with Gasteiger partial charge in [-0.25, -0.2) is 4.79 Å². The zero-order valence-electron chi connectivity index (χ0n) is 19.0. The molecule has 1 saturated heterocycles. The molecule has 1 amide bonds. The lowest BCUT2D eigenvalue weighted by Gasteiger charge is -2.32. The van der Waals surface area contributed by atoms with Gasteiger partial charge in [0.2, 0.25) is 0 Å². The molecule has 1 fully saturated rings. The van der Waals surface area contributed by atoms with Crippen LogP contribution in [0.2, 0.25) is 0 Å². The SMILES string of the molecule is Cl.Cl.N=C(NC(=O)O)C1NCCc2ccc(OCC3CCN(Cc4cccc(N)c4)CC3)cc21. The number of hydrogen-bond donors (Lipinski definition) is 5. The third kappa shape index (κ3) is 7.24. The van der Waals surface area contributed by atoms with Gasteiger partial charge < -0.3 is 20.9 Å². The van der Waals surface area contributed by atoms with E-state index in [9.17, 15) is 4.79 Å². The summed E-state index contributed by atoms with van der Waals surface area (Å²) in [6.07, 6.45) is 1.80. The van der Waals surface area contributed by atoms with Crippen molar-refractivity contribution in [3.8, 4) is 5.75 Å². The first-order chi connectivity index (χ1) is 15.5. The Morgan fingerprint density at radius 3 is 2.68 bits per heavy atom. The Kier molecular flexibility index (Phi) is 10.4. The molecule has 186 valence electrons. The first kappa shape index (κ1) is 27.7. The number of likely N-dealkylation sites (tertiary alicyclic amines) is 1. The zero-order chi connectivity index (χ0) is 22.5. The van der Waals surface area contributed by atoms with Gasteiger partial charge in [-0.3, -0.25) is 15.6 Å². The summed E-state index contributed by atoms with van der Waals surface area (Å²) in [5, 5.41) is 22.4. The molecule has 1 atom stereocenters. The number of amides is 1. The minimum atomic E-state index is -1.22. The third-order valence-electron chi connectivity index (χ3n) is 6.25. The number of hydrogen-bond acceptors (Lipinski definition) is 6. The Morgan fingerprint density at radius 1 is 1.21 bits per heavy atom. The molecule has 6 N–H and O–H groups in total. The molecule has 0 radical (unpaired) electrons. The summed E-state index contributed by atoms with van der Waals surface area (Å²) in [5.74, 6) is 1.20. The number of anilines is 1. The molecular weight excluding hydrogens is 477 g/mol. The highest BCUT2D eigenvalue weighted by molar-refractivity contribution is 5.97. The van der Waals surface area contributed by atoms with E-state index in [0.717, 1.165) is 61.5 Å². The number of benzene rings is 2. The van der Waals surface area contributed by atoms with E-state index in [4.69, 9.17) is 21.0 Å². The summed E-state index contributed by atoms with van der Waals surface area (Å²) in [6, 6.07) is 13.6. The maximum Gasteiger partial charge on any atom is 0.410 e. The molecule has 2 aromatic carbocycles. The molecule has 10 heteroatoms. The lowest BCUT2D eigenvalue weighted by Crippen LogP contribution is -2.42. The summed E-state index contributed by atoms with van der Waals surface area (Å²) in [6.45, 7) is 4.37. The highest BCUT2D eigenvalue weighted by Crippen LogP contribution is 2.28. The molecule has 2 aliphatic rings. The quantitative estimate of drug-likeness (QED) is 0.229. The molecule has 8 nitrogen and oxygen atoms in total. The van der Waals surface area contributed by atoms with Gasteiger partial charge in [0.15, 0.2) is 0 Å². The summed E-state index contributed by atoms with van der Waals surface area (Å²) in [5.41, 5.74) is 9.97. The Bertz CT molecular complexity index is 983. The molecule has 2 aliphatic heterocycles. The number of nitrogens with zero attached hydrogens (tertiary/aromatic N) is 1. The number of ether oxygens (including phenoxy) is 1. The monoisotopic (exact) mass is 509 g/mol. The molecule has 2 heterocycles. The molecule has 0 spiro atoms. The minimum absolute atomic E-state index is 0. The average Bonchev–Trinajstić information content (AvgIpc) is 2.77. The Balaban J connectivity index is 0.00000204.